The van der Waals surface area contributed by atoms with Crippen LogP contribution in [0.1, 0.15) is 15.9 Å². The van der Waals surface area contributed by atoms with Gasteiger partial charge < -0.3 is 10.1 Å². The summed E-state index contributed by atoms with van der Waals surface area (Å²) in [7, 11) is 0. The second-order valence-corrected chi connectivity index (χ2v) is 4.55. The molecule has 0 aliphatic carbocycles. The lowest BCUT2D eigenvalue weighted by atomic mass is 10.1. The minimum absolute atomic E-state index is 0.0406. The fourth-order valence-corrected chi connectivity index (χ4v) is 1.81. The smallest absolute Gasteiger partial charge is 0.251 e. The van der Waals surface area contributed by atoms with Crippen LogP contribution in [-0.2, 0) is 0 Å². The van der Waals surface area contributed by atoms with Gasteiger partial charge in [-0.2, -0.15) is 0 Å². The normalized spacial score (nSPS) is 10.2. The number of aryl methyl sites for hydroxylation is 1. The fourth-order valence-electron chi connectivity index (χ4n) is 1.81. The van der Waals surface area contributed by atoms with E-state index in [4.69, 9.17) is 4.74 Å². The van der Waals surface area contributed by atoms with Crippen molar-refractivity contribution in [2.45, 2.75) is 6.92 Å². The van der Waals surface area contributed by atoms with Crippen molar-refractivity contribution in [2.75, 3.05) is 13.2 Å². The zero-order chi connectivity index (χ0) is 15.2. The molecule has 0 aliphatic rings. The molecule has 5 heteroatoms. The van der Waals surface area contributed by atoms with Gasteiger partial charge in [0.2, 0.25) is 0 Å². The maximum atomic E-state index is 13.3. The van der Waals surface area contributed by atoms with Gasteiger partial charge in [-0.1, -0.05) is 17.7 Å². The summed E-state index contributed by atoms with van der Waals surface area (Å²) >= 11 is 0. The van der Waals surface area contributed by atoms with Crippen LogP contribution in [0.3, 0.4) is 0 Å². The van der Waals surface area contributed by atoms with Gasteiger partial charge in [0.25, 0.3) is 5.91 Å². The van der Waals surface area contributed by atoms with E-state index in [1.54, 1.807) is 18.2 Å². The number of ether oxygens (including phenoxy) is 1. The molecular weight excluding hydrogens is 276 g/mol. The van der Waals surface area contributed by atoms with Gasteiger partial charge in [0.15, 0.2) is 11.6 Å². The number of hydrogen-bond acceptors (Lipinski definition) is 2. The third kappa shape index (κ3) is 4.27. The van der Waals surface area contributed by atoms with E-state index >= 15 is 0 Å². The highest BCUT2D eigenvalue weighted by Crippen LogP contribution is 2.17. The summed E-state index contributed by atoms with van der Waals surface area (Å²) in [6.45, 7) is 2.22. The molecule has 0 atom stereocenters. The molecule has 0 radical (unpaired) electrons. The predicted molar refractivity (Wildman–Crippen MR) is 75.4 cm³/mol. The van der Waals surface area contributed by atoms with Crippen molar-refractivity contribution >= 4 is 5.91 Å². The van der Waals surface area contributed by atoms with Crippen LogP contribution < -0.4 is 10.1 Å². The second kappa shape index (κ2) is 6.83. The molecule has 2 rings (SSSR count). The lowest BCUT2D eigenvalue weighted by Crippen LogP contribution is -2.28. The number of rotatable bonds is 5. The molecule has 1 amide bonds. The maximum Gasteiger partial charge on any atom is 0.251 e. The Balaban J connectivity index is 1.80. The lowest BCUT2D eigenvalue weighted by Gasteiger charge is -2.09. The molecule has 0 spiro atoms. The quantitative estimate of drug-likeness (QED) is 0.860. The zero-order valence-corrected chi connectivity index (χ0v) is 11.5. The topological polar surface area (TPSA) is 38.3 Å². The molecule has 110 valence electrons. The van der Waals surface area contributed by atoms with Crippen molar-refractivity contribution in [3.8, 4) is 5.75 Å². The van der Waals surface area contributed by atoms with Crippen molar-refractivity contribution in [3.05, 3.63) is 65.2 Å². The molecule has 0 bridgehead atoms. The monoisotopic (exact) mass is 291 g/mol. The van der Waals surface area contributed by atoms with Crippen LogP contribution in [0.4, 0.5) is 8.78 Å². The van der Waals surface area contributed by atoms with E-state index in [-0.39, 0.29) is 24.8 Å². The van der Waals surface area contributed by atoms with E-state index in [1.165, 1.54) is 6.07 Å². The Bertz CT molecular complexity index is 644. The number of hydrogen-bond donors (Lipinski definition) is 1. The van der Waals surface area contributed by atoms with Crippen LogP contribution in [-0.4, -0.2) is 19.1 Å². The summed E-state index contributed by atoms with van der Waals surface area (Å²) in [6, 6.07) is 10.3. The van der Waals surface area contributed by atoms with E-state index in [2.05, 4.69) is 5.32 Å². The maximum absolute atomic E-state index is 13.3. The van der Waals surface area contributed by atoms with Crippen LogP contribution in [0, 0.1) is 18.6 Å². The van der Waals surface area contributed by atoms with Gasteiger partial charge >= 0.3 is 0 Å². The summed E-state index contributed by atoms with van der Waals surface area (Å²) in [6.07, 6.45) is 0. The van der Waals surface area contributed by atoms with Gasteiger partial charge in [-0.3, -0.25) is 4.79 Å². The highest BCUT2D eigenvalue weighted by atomic mass is 19.1. The first-order valence-electron chi connectivity index (χ1n) is 6.49. The van der Waals surface area contributed by atoms with E-state index < -0.39 is 11.6 Å². The van der Waals surface area contributed by atoms with Gasteiger partial charge in [-0.05, 0) is 31.2 Å². The SMILES string of the molecule is Cc1cccc(C(=O)NCCOc2ccc(F)cc2F)c1. The summed E-state index contributed by atoms with van der Waals surface area (Å²) in [5.41, 5.74) is 1.55. The minimum atomic E-state index is -0.764. The van der Waals surface area contributed by atoms with Gasteiger partial charge in [-0.15, -0.1) is 0 Å². The molecule has 0 heterocycles. The van der Waals surface area contributed by atoms with Crippen molar-refractivity contribution < 1.29 is 18.3 Å². The molecule has 0 fully saturated rings. The van der Waals surface area contributed by atoms with Gasteiger partial charge in [0.05, 0.1) is 6.54 Å². The number of carbonyl (C=O) groups is 1. The molecule has 0 aliphatic heterocycles. The average molecular weight is 291 g/mol. The van der Waals surface area contributed by atoms with E-state index in [0.717, 1.165) is 17.7 Å². The number of nitrogens with one attached hydrogen (secondary N) is 1. The van der Waals surface area contributed by atoms with Crippen molar-refractivity contribution in [1.82, 2.24) is 5.32 Å². The van der Waals surface area contributed by atoms with Gasteiger partial charge in [0, 0.05) is 11.6 Å². The molecule has 0 unspecified atom stereocenters. The van der Waals surface area contributed by atoms with Gasteiger partial charge in [-0.25, -0.2) is 8.78 Å². The first kappa shape index (κ1) is 15.0. The average Bonchev–Trinajstić information content (AvgIpc) is 2.45. The Hall–Kier alpha value is -2.43. The fraction of sp³-hybridized carbons (Fsp3) is 0.188. The Morgan fingerprint density at radius 1 is 1.19 bits per heavy atom. The van der Waals surface area contributed by atoms with Crippen LogP contribution in [0.15, 0.2) is 42.5 Å². The Labute approximate surface area is 121 Å². The van der Waals surface area contributed by atoms with E-state index in [9.17, 15) is 13.6 Å². The van der Waals surface area contributed by atoms with Crippen molar-refractivity contribution in [1.29, 1.82) is 0 Å². The standard InChI is InChI=1S/C16H15F2NO2/c1-11-3-2-4-12(9-11)16(20)19-7-8-21-15-6-5-13(17)10-14(15)18/h2-6,9-10H,7-8H2,1H3,(H,19,20). The summed E-state index contributed by atoms with van der Waals surface area (Å²) in [5, 5.41) is 2.67. The molecule has 0 aromatic heterocycles. The first-order chi connectivity index (χ1) is 10.1. The van der Waals surface area contributed by atoms with Crippen LogP contribution in [0.5, 0.6) is 5.75 Å². The summed E-state index contributed by atoms with van der Waals surface area (Å²) in [5.74, 6) is -1.68. The summed E-state index contributed by atoms with van der Waals surface area (Å²) < 4.78 is 31.1. The molecule has 1 N–H and O–H groups in total. The number of amides is 1. The molecule has 2 aromatic carbocycles. The number of halogens is 2. The predicted octanol–water partition coefficient (Wildman–Crippen LogP) is 3.08. The van der Waals surface area contributed by atoms with Crippen molar-refractivity contribution in [3.63, 3.8) is 0 Å². The summed E-state index contributed by atoms with van der Waals surface area (Å²) in [4.78, 5) is 11.8. The Kier molecular flexibility index (Phi) is 4.87. The molecule has 21 heavy (non-hydrogen) atoms. The lowest BCUT2D eigenvalue weighted by molar-refractivity contribution is 0.0946. The van der Waals surface area contributed by atoms with Crippen LogP contribution in [0.2, 0.25) is 0 Å². The highest BCUT2D eigenvalue weighted by Gasteiger charge is 2.06. The number of carbonyl (C=O) groups excluding carboxylic acids is 1. The number of benzene rings is 2. The van der Waals surface area contributed by atoms with E-state index in [0.29, 0.717) is 5.56 Å². The molecule has 2 aromatic rings. The highest BCUT2D eigenvalue weighted by molar-refractivity contribution is 5.94. The Morgan fingerprint density at radius 2 is 2.00 bits per heavy atom. The molecule has 3 nitrogen and oxygen atoms in total. The molecular formula is C16H15F2NO2. The minimum Gasteiger partial charge on any atom is -0.489 e. The molecule has 0 saturated carbocycles. The third-order valence-electron chi connectivity index (χ3n) is 2.82. The first-order valence-corrected chi connectivity index (χ1v) is 6.49. The largest absolute Gasteiger partial charge is 0.489 e. The van der Waals surface area contributed by atoms with Gasteiger partial charge in [0.1, 0.15) is 12.4 Å². The second-order valence-electron chi connectivity index (χ2n) is 4.55. The molecule has 0 saturated heterocycles. The van der Waals surface area contributed by atoms with E-state index in [1.807, 2.05) is 13.0 Å². The third-order valence-corrected chi connectivity index (χ3v) is 2.82. The van der Waals surface area contributed by atoms with Crippen LogP contribution in [0.25, 0.3) is 0 Å². The van der Waals surface area contributed by atoms with Crippen molar-refractivity contribution in [2.24, 2.45) is 0 Å². The Morgan fingerprint density at radius 3 is 2.71 bits per heavy atom. The van der Waals surface area contributed by atoms with Crippen LogP contribution >= 0.6 is 0 Å². The zero-order valence-electron chi connectivity index (χ0n) is 11.5.